The average molecular weight is 319 g/mol. The molecule has 4 rings (SSSR count). The molecule has 1 fully saturated rings. The number of hydrogen-bond acceptors (Lipinski definition) is 4. The lowest BCUT2D eigenvalue weighted by Gasteiger charge is -2.24. The predicted octanol–water partition coefficient (Wildman–Crippen LogP) is 3.71. The van der Waals surface area contributed by atoms with E-state index in [1.54, 1.807) is 12.3 Å². The lowest BCUT2D eigenvalue weighted by molar-refractivity contribution is 0.0725. The molecule has 0 unspecified atom stereocenters. The summed E-state index contributed by atoms with van der Waals surface area (Å²) in [5.41, 5.74) is 2.17. The van der Waals surface area contributed by atoms with E-state index >= 15 is 0 Å². The van der Waals surface area contributed by atoms with E-state index in [4.69, 9.17) is 4.52 Å². The minimum absolute atomic E-state index is 0.0905. The standard InChI is InChI=1S/C19H17N3O2/c23-19(16-13-18(24-21-16)15-9-4-5-11-20-15)22-12-6-10-17(22)14-7-2-1-3-8-14/h1-5,7-9,11,13,17H,6,10,12H2/t17-/m0/s1. The van der Waals surface area contributed by atoms with Gasteiger partial charge in [-0.15, -0.1) is 0 Å². The molecule has 0 spiro atoms. The second kappa shape index (κ2) is 6.28. The summed E-state index contributed by atoms with van der Waals surface area (Å²) in [4.78, 5) is 19.0. The van der Waals surface area contributed by atoms with Gasteiger partial charge in [-0.1, -0.05) is 41.6 Å². The fraction of sp³-hybridized carbons (Fsp3) is 0.211. The third-order valence-electron chi connectivity index (χ3n) is 4.34. The molecule has 24 heavy (non-hydrogen) atoms. The fourth-order valence-electron chi connectivity index (χ4n) is 3.18. The smallest absolute Gasteiger partial charge is 0.276 e. The Hall–Kier alpha value is -2.95. The van der Waals surface area contributed by atoms with Crippen molar-refractivity contribution in [3.05, 3.63) is 72.1 Å². The summed E-state index contributed by atoms with van der Waals surface area (Å²) in [6, 6.07) is 17.4. The van der Waals surface area contributed by atoms with E-state index in [0.717, 1.165) is 24.9 Å². The number of pyridine rings is 1. The van der Waals surface area contributed by atoms with E-state index in [2.05, 4.69) is 22.3 Å². The van der Waals surface area contributed by atoms with Crippen molar-refractivity contribution in [2.75, 3.05) is 6.54 Å². The van der Waals surface area contributed by atoms with E-state index in [0.29, 0.717) is 17.1 Å². The van der Waals surface area contributed by atoms with E-state index in [9.17, 15) is 4.79 Å². The molecule has 1 atom stereocenters. The van der Waals surface area contributed by atoms with Gasteiger partial charge in [-0.3, -0.25) is 9.78 Å². The third-order valence-corrected chi connectivity index (χ3v) is 4.34. The Morgan fingerprint density at radius 3 is 2.75 bits per heavy atom. The molecule has 0 radical (unpaired) electrons. The predicted molar refractivity (Wildman–Crippen MR) is 89.2 cm³/mol. The van der Waals surface area contributed by atoms with Crippen LogP contribution in [-0.2, 0) is 0 Å². The molecule has 3 heterocycles. The van der Waals surface area contributed by atoms with E-state index in [1.807, 2.05) is 41.3 Å². The van der Waals surface area contributed by atoms with Gasteiger partial charge in [0.1, 0.15) is 5.69 Å². The van der Waals surface area contributed by atoms with Gasteiger partial charge in [0.15, 0.2) is 11.5 Å². The van der Waals surface area contributed by atoms with Crippen molar-refractivity contribution in [1.82, 2.24) is 15.0 Å². The van der Waals surface area contributed by atoms with Crippen molar-refractivity contribution in [3.63, 3.8) is 0 Å². The summed E-state index contributed by atoms with van der Waals surface area (Å²) >= 11 is 0. The third kappa shape index (κ3) is 2.69. The highest BCUT2D eigenvalue weighted by Gasteiger charge is 2.32. The second-order valence-corrected chi connectivity index (χ2v) is 5.86. The number of aromatic nitrogens is 2. The number of carbonyl (C=O) groups excluding carboxylic acids is 1. The molecule has 1 saturated heterocycles. The van der Waals surface area contributed by atoms with Gasteiger partial charge >= 0.3 is 0 Å². The van der Waals surface area contributed by atoms with Crippen LogP contribution in [0.15, 0.2) is 65.3 Å². The second-order valence-electron chi connectivity index (χ2n) is 5.86. The molecule has 5 heteroatoms. The van der Waals surface area contributed by atoms with Gasteiger partial charge in [-0.05, 0) is 30.5 Å². The molecule has 1 aromatic carbocycles. The van der Waals surface area contributed by atoms with Gasteiger partial charge in [0, 0.05) is 18.8 Å². The van der Waals surface area contributed by atoms with Crippen LogP contribution in [-0.4, -0.2) is 27.5 Å². The fourth-order valence-corrected chi connectivity index (χ4v) is 3.18. The molecule has 0 saturated carbocycles. The zero-order valence-corrected chi connectivity index (χ0v) is 13.1. The summed E-state index contributed by atoms with van der Waals surface area (Å²) in [6.07, 6.45) is 3.65. The monoisotopic (exact) mass is 319 g/mol. The van der Waals surface area contributed by atoms with Gasteiger partial charge in [0.25, 0.3) is 5.91 Å². The summed E-state index contributed by atoms with van der Waals surface area (Å²) in [6.45, 7) is 0.740. The Morgan fingerprint density at radius 1 is 1.12 bits per heavy atom. The van der Waals surface area contributed by atoms with Gasteiger partial charge in [-0.2, -0.15) is 0 Å². The van der Waals surface area contributed by atoms with Gasteiger partial charge in [0.05, 0.1) is 6.04 Å². The maximum Gasteiger partial charge on any atom is 0.276 e. The van der Waals surface area contributed by atoms with Crippen molar-refractivity contribution in [2.45, 2.75) is 18.9 Å². The zero-order valence-electron chi connectivity index (χ0n) is 13.1. The minimum atomic E-state index is -0.0905. The molecule has 1 aliphatic rings. The highest BCUT2D eigenvalue weighted by Crippen LogP contribution is 2.33. The highest BCUT2D eigenvalue weighted by molar-refractivity contribution is 5.93. The maximum atomic E-state index is 12.9. The summed E-state index contributed by atoms with van der Waals surface area (Å²) < 4.78 is 5.31. The lowest BCUT2D eigenvalue weighted by Crippen LogP contribution is -2.30. The molecule has 0 bridgehead atoms. The number of amides is 1. The number of nitrogens with zero attached hydrogens (tertiary/aromatic N) is 3. The van der Waals surface area contributed by atoms with Crippen LogP contribution >= 0.6 is 0 Å². The summed E-state index contributed by atoms with van der Waals surface area (Å²) in [7, 11) is 0. The van der Waals surface area contributed by atoms with Crippen LogP contribution in [0.4, 0.5) is 0 Å². The Kier molecular flexibility index (Phi) is 3.83. The molecule has 1 amide bonds. The van der Waals surface area contributed by atoms with Crippen molar-refractivity contribution >= 4 is 5.91 Å². The molecule has 2 aromatic heterocycles. The topological polar surface area (TPSA) is 59.2 Å². The lowest BCUT2D eigenvalue weighted by atomic mass is 10.0. The maximum absolute atomic E-state index is 12.9. The first-order valence-corrected chi connectivity index (χ1v) is 8.07. The van der Waals surface area contributed by atoms with Gasteiger partial charge in [-0.25, -0.2) is 0 Å². The van der Waals surface area contributed by atoms with E-state index in [-0.39, 0.29) is 11.9 Å². The molecule has 0 aliphatic carbocycles. The van der Waals surface area contributed by atoms with E-state index in [1.165, 1.54) is 0 Å². The van der Waals surface area contributed by atoms with Crippen LogP contribution < -0.4 is 0 Å². The first-order valence-electron chi connectivity index (χ1n) is 8.07. The average Bonchev–Trinajstić information content (AvgIpc) is 3.32. The number of hydrogen-bond donors (Lipinski definition) is 0. The van der Waals surface area contributed by atoms with Gasteiger partial charge in [0.2, 0.25) is 0 Å². The Morgan fingerprint density at radius 2 is 1.96 bits per heavy atom. The van der Waals surface area contributed by atoms with Gasteiger partial charge < -0.3 is 9.42 Å². The first kappa shape index (κ1) is 14.6. The van der Waals surface area contributed by atoms with Crippen LogP contribution in [0.25, 0.3) is 11.5 Å². The van der Waals surface area contributed by atoms with Crippen LogP contribution in [0.3, 0.4) is 0 Å². The van der Waals surface area contributed by atoms with E-state index < -0.39 is 0 Å². The molecular formula is C19H17N3O2. The molecule has 1 aliphatic heterocycles. The van der Waals surface area contributed by atoms with Crippen LogP contribution in [0, 0.1) is 0 Å². The Labute approximate surface area is 139 Å². The molecule has 0 N–H and O–H groups in total. The Balaban J connectivity index is 1.58. The molecule has 120 valence electrons. The molecular weight excluding hydrogens is 302 g/mol. The number of likely N-dealkylation sites (tertiary alicyclic amines) is 1. The number of benzene rings is 1. The molecule has 5 nitrogen and oxygen atoms in total. The quantitative estimate of drug-likeness (QED) is 0.738. The van der Waals surface area contributed by atoms with Crippen LogP contribution in [0.5, 0.6) is 0 Å². The number of carbonyl (C=O) groups is 1. The van der Waals surface area contributed by atoms with Crippen LogP contribution in [0.1, 0.15) is 34.9 Å². The van der Waals surface area contributed by atoms with Crippen molar-refractivity contribution < 1.29 is 9.32 Å². The summed E-state index contributed by atoms with van der Waals surface area (Å²) in [5.74, 6) is 0.418. The van der Waals surface area contributed by atoms with Crippen molar-refractivity contribution in [3.8, 4) is 11.5 Å². The molecule has 3 aromatic rings. The normalized spacial score (nSPS) is 17.2. The SMILES string of the molecule is O=C(c1cc(-c2ccccn2)on1)N1CCC[C@H]1c1ccccc1. The summed E-state index contributed by atoms with van der Waals surface area (Å²) in [5, 5.41) is 3.96. The highest BCUT2D eigenvalue weighted by atomic mass is 16.5. The zero-order chi connectivity index (χ0) is 16.4. The van der Waals surface area contributed by atoms with Crippen molar-refractivity contribution in [1.29, 1.82) is 0 Å². The Bertz CT molecular complexity index is 830. The first-order chi connectivity index (χ1) is 11.8. The minimum Gasteiger partial charge on any atom is -0.354 e. The largest absolute Gasteiger partial charge is 0.354 e. The van der Waals surface area contributed by atoms with Crippen molar-refractivity contribution in [2.24, 2.45) is 0 Å². The van der Waals surface area contributed by atoms with Crippen LogP contribution in [0.2, 0.25) is 0 Å². The number of rotatable bonds is 3.